The number of fused-ring (bicyclic) bond motifs is 2. The number of rotatable bonds is 6. The van der Waals surface area contributed by atoms with Crippen molar-refractivity contribution in [2.24, 2.45) is 5.92 Å². The second-order valence-electron chi connectivity index (χ2n) is 9.13. The Morgan fingerprint density at radius 2 is 2.22 bits per heavy atom. The Balaban J connectivity index is 1.45. The molecule has 1 atom stereocenters. The van der Waals surface area contributed by atoms with Crippen LogP contribution in [0.25, 0.3) is 11.3 Å². The van der Waals surface area contributed by atoms with Crippen molar-refractivity contribution in [2.75, 3.05) is 56.1 Å². The predicted molar refractivity (Wildman–Crippen MR) is 141 cm³/mol. The molecule has 1 amide bonds. The number of ether oxygens (including phenoxy) is 1. The van der Waals surface area contributed by atoms with Gasteiger partial charge in [0.2, 0.25) is 11.9 Å². The third-order valence-corrected chi connectivity index (χ3v) is 6.63. The number of amides is 1. The van der Waals surface area contributed by atoms with Crippen LogP contribution in [0.4, 0.5) is 23.0 Å². The van der Waals surface area contributed by atoms with E-state index in [0.717, 1.165) is 22.5 Å². The van der Waals surface area contributed by atoms with E-state index in [9.17, 15) is 15.2 Å². The van der Waals surface area contributed by atoms with Crippen LogP contribution in [-0.2, 0) is 11.2 Å². The Kier molecular flexibility index (Phi) is 6.74. The molecule has 3 N–H and O–H groups in total. The molecule has 0 bridgehead atoms. The number of hydrogen-bond donors (Lipinski definition) is 3. The van der Waals surface area contributed by atoms with Crippen LogP contribution in [0.1, 0.15) is 11.1 Å². The summed E-state index contributed by atoms with van der Waals surface area (Å²) in [6.45, 7) is 1.24. The second kappa shape index (κ2) is 10.1. The van der Waals surface area contributed by atoms with Crippen LogP contribution in [0.5, 0.6) is 5.75 Å². The molecule has 0 spiro atoms. The van der Waals surface area contributed by atoms with Gasteiger partial charge in [0.25, 0.3) is 0 Å². The van der Waals surface area contributed by atoms with Gasteiger partial charge in [-0.25, -0.2) is 9.97 Å². The van der Waals surface area contributed by atoms with E-state index in [1.807, 2.05) is 17.0 Å². The summed E-state index contributed by atoms with van der Waals surface area (Å²) < 4.78 is 6.00. The average molecular weight is 520 g/mol. The third kappa shape index (κ3) is 4.83. The van der Waals surface area contributed by atoms with Crippen LogP contribution in [0.3, 0.4) is 0 Å². The summed E-state index contributed by atoms with van der Waals surface area (Å²) in [5, 5.41) is 26.1. The number of nitrogens with zero attached hydrogens (tertiary/aromatic N) is 5. The van der Waals surface area contributed by atoms with Crippen molar-refractivity contribution in [3.63, 3.8) is 0 Å². The number of benzene rings is 2. The lowest BCUT2D eigenvalue weighted by atomic mass is 9.95. The van der Waals surface area contributed by atoms with Crippen LogP contribution >= 0.6 is 11.6 Å². The number of anilines is 4. The molecule has 5 rings (SSSR count). The highest BCUT2D eigenvalue weighted by Gasteiger charge is 2.29. The molecular weight excluding hydrogens is 494 g/mol. The monoisotopic (exact) mass is 519 g/mol. The molecule has 3 heterocycles. The maximum atomic E-state index is 12.5. The molecule has 0 fully saturated rings. The molecule has 190 valence electrons. The number of β-amino-alcohol motifs (C(OH)–C–C–N with tert-alkyl or cyclic N) is 1. The molecule has 3 aromatic rings. The molecule has 0 saturated carbocycles. The molecule has 2 aliphatic rings. The fourth-order valence-corrected chi connectivity index (χ4v) is 4.92. The Morgan fingerprint density at radius 3 is 2.97 bits per heavy atom. The van der Waals surface area contributed by atoms with Crippen molar-refractivity contribution < 1.29 is 14.6 Å². The normalized spacial score (nSPS) is 15.6. The summed E-state index contributed by atoms with van der Waals surface area (Å²) in [5.41, 5.74) is 4.92. The van der Waals surface area contributed by atoms with E-state index in [4.69, 9.17) is 16.3 Å². The number of aromatic nitrogens is 2. The predicted octanol–water partition coefficient (Wildman–Crippen LogP) is 3.23. The van der Waals surface area contributed by atoms with Gasteiger partial charge in [-0.15, -0.1) is 0 Å². The van der Waals surface area contributed by atoms with E-state index < -0.39 is 0 Å². The van der Waals surface area contributed by atoms with Gasteiger partial charge >= 0.3 is 0 Å². The van der Waals surface area contributed by atoms with Crippen molar-refractivity contribution >= 4 is 40.5 Å². The van der Waals surface area contributed by atoms with Gasteiger partial charge in [0.15, 0.2) is 0 Å². The van der Waals surface area contributed by atoms with Gasteiger partial charge in [-0.1, -0.05) is 11.6 Å². The smallest absolute Gasteiger partial charge is 0.228 e. The lowest BCUT2D eigenvalue weighted by Gasteiger charge is -2.28. The van der Waals surface area contributed by atoms with Gasteiger partial charge in [0.1, 0.15) is 18.4 Å². The van der Waals surface area contributed by atoms with E-state index in [1.54, 1.807) is 43.4 Å². The Bertz CT molecular complexity index is 1410. The number of aliphatic hydroxyl groups is 1. The fraction of sp³-hybridized carbons (Fsp3) is 0.308. The van der Waals surface area contributed by atoms with Gasteiger partial charge < -0.3 is 30.3 Å². The fourth-order valence-electron chi connectivity index (χ4n) is 4.68. The van der Waals surface area contributed by atoms with Crippen molar-refractivity contribution in [2.45, 2.75) is 6.42 Å². The maximum Gasteiger partial charge on any atom is 0.228 e. The second-order valence-corrected chi connectivity index (χ2v) is 9.56. The minimum absolute atomic E-state index is 0.00485. The van der Waals surface area contributed by atoms with Crippen molar-refractivity contribution in [3.8, 4) is 23.1 Å². The van der Waals surface area contributed by atoms with E-state index in [-0.39, 0.29) is 25.0 Å². The molecule has 0 radical (unpaired) electrons. The highest BCUT2D eigenvalue weighted by molar-refractivity contribution is 6.31. The summed E-state index contributed by atoms with van der Waals surface area (Å²) in [5.74, 6) is 0.690. The molecule has 1 aromatic heterocycles. The number of nitriles is 1. The van der Waals surface area contributed by atoms with Crippen molar-refractivity contribution in [1.29, 1.82) is 5.26 Å². The standard InChI is InChI=1S/C26H26ClN7O3/c1-33(2)25(36)18-8-16-9-19(27)11-21(24(16)37-13-18)32-26-29-4-3-20(31-26)15-7-17(12-28)23-22(10-15)34(5-6-35)14-30-23/h3-4,7,9-11,18,30,35H,5-6,8,13-14H2,1-2H3,(H,29,31,32). The molecule has 10 nitrogen and oxygen atoms in total. The van der Waals surface area contributed by atoms with E-state index >= 15 is 0 Å². The van der Waals surface area contributed by atoms with Crippen LogP contribution in [-0.4, -0.2) is 66.4 Å². The number of hydrogen-bond acceptors (Lipinski definition) is 9. The van der Waals surface area contributed by atoms with E-state index in [2.05, 4.69) is 26.7 Å². The number of nitrogens with one attached hydrogen (secondary N) is 2. The Labute approximate surface area is 219 Å². The zero-order valence-electron chi connectivity index (χ0n) is 20.5. The van der Waals surface area contributed by atoms with Gasteiger partial charge in [-0.05, 0) is 42.3 Å². The largest absolute Gasteiger partial charge is 0.490 e. The van der Waals surface area contributed by atoms with Crippen molar-refractivity contribution in [3.05, 3.63) is 52.7 Å². The first-order chi connectivity index (χ1) is 17.9. The van der Waals surface area contributed by atoms with Crippen LogP contribution in [0.15, 0.2) is 36.5 Å². The maximum absolute atomic E-state index is 12.5. The van der Waals surface area contributed by atoms with Crippen LogP contribution < -0.4 is 20.3 Å². The zero-order chi connectivity index (χ0) is 26.1. The van der Waals surface area contributed by atoms with E-state index in [1.165, 1.54) is 0 Å². The van der Waals surface area contributed by atoms with Gasteiger partial charge in [0.05, 0.1) is 47.5 Å². The average Bonchev–Trinajstić information content (AvgIpc) is 3.30. The first-order valence-electron chi connectivity index (χ1n) is 11.8. The summed E-state index contributed by atoms with van der Waals surface area (Å²) in [6.07, 6.45) is 2.16. The molecule has 37 heavy (non-hydrogen) atoms. The summed E-state index contributed by atoms with van der Waals surface area (Å²) >= 11 is 6.40. The minimum atomic E-state index is -0.276. The highest BCUT2D eigenvalue weighted by atomic mass is 35.5. The number of carbonyl (C=O) groups excluding carboxylic acids is 1. The molecule has 0 aliphatic carbocycles. The third-order valence-electron chi connectivity index (χ3n) is 6.41. The number of aliphatic hydroxyl groups excluding tert-OH is 1. The lowest BCUT2D eigenvalue weighted by Crippen LogP contribution is -2.36. The summed E-state index contributed by atoms with van der Waals surface area (Å²) in [7, 11) is 3.46. The molecular formula is C26H26ClN7O3. The van der Waals surface area contributed by atoms with Gasteiger partial charge in [-0.3, -0.25) is 4.79 Å². The first-order valence-corrected chi connectivity index (χ1v) is 12.2. The summed E-state index contributed by atoms with van der Waals surface area (Å²) in [4.78, 5) is 25.0. The highest BCUT2D eigenvalue weighted by Crippen LogP contribution is 2.40. The van der Waals surface area contributed by atoms with Crippen LogP contribution in [0, 0.1) is 17.2 Å². The van der Waals surface area contributed by atoms with Crippen LogP contribution in [0.2, 0.25) is 5.02 Å². The Morgan fingerprint density at radius 1 is 1.38 bits per heavy atom. The number of halogens is 1. The number of carbonyl (C=O) groups is 1. The Hall–Kier alpha value is -4.07. The quantitative estimate of drug-likeness (QED) is 0.449. The summed E-state index contributed by atoms with van der Waals surface area (Å²) in [6, 6.07) is 11.3. The SMILES string of the molecule is CN(C)C(=O)C1COc2c(cc(Cl)cc2Nc2nccc(-c3cc(C#N)c4c(c3)N(CCO)CN4)n2)C1. The lowest BCUT2D eigenvalue weighted by molar-refractivity contribution is -0.134. The minimum Gasteiger partial charge on any atom is -0.490 e. The van der Waals surface area contributed by atoms with E-state index in [0.29, 0.717) is 53.3 Å². The first kappa shape index (κ1) is 24.6. The van der Waals surface area contributed by atoms with Gasteiger partial charge in [0, 0.05) is 37.4 Å². The van der Waals surface area contributed by atoms with Gasteiger partial charge in [-0.2, -0.15) is 5.26 Å². The molecule has 0 saturated heterocycles. The van der Waals surface area contributed by atoms with Crippen molar-refractivity contribution in [1.82, 2.24) is 14.9 Å². The molecule has 2 aliphatic heterocycles. The molecule has 1 unspecified atom stereocenters. The molecule has 2 aromatic carbocycles. The molecule has 11 heteroatoms. The zero-order valence-corrected chi connectivity index (χ0v) is 21.2. The topological polar surface area (TPSA) is 127 Å².